The zero-order valence-electron chi connectivity index (χ0n) is 10.4. The van der Waals surface area contributed by atoms with Gasteiger partial charge < -0.3 is 9.84 Å². The van der Waals surface area contributed by atoms with E-state index in [-0.39, 0.29) is 0 Å². The van der Waals surface area contributed by atoms with E-state index >= 15 is 0 Å². The molecule has 18 heavy (non-hydrogen) atoms. The molecular formula is C14H19NO3. The molecule has 1 aliphatic heterocycles. The highest BCUT2D eigenvalue weighted by Gasteiger charge is 2.21. The number of nitrogens with zero attached hydrogens (tertiary/aromatic N) is 1. The van der Waals surface area contributed by atoms with Crippen LogP contribution in [0.25, 0.3) is 0 Å². The Kier molecular flexibility index (Phi) is 4.73. The van der Waals surface area contributed by atoms with Crippen LogP contribution in [-0.4, -0.2) is 41.9 Å². The van der Waals surface area contributed by atoms with Crippen molar-refractivity contribution in [3.8, 4) is 0 Å². The van der Waals surface area contributed by atoms with Crippen LogP contribution in [0.3, 0.4) is 0 Å². The summed E-state index contributed by atoms with van der Waals surface area (Å²) in [6.45, 7) is 2.44. The van der Waals surface area contributed by atoms with Crippen LogP contribution in [0.15, 0.2) is 30.3 Å². The second-order valence-corrected chi connectivity index (χ2v) is 4.64. The fraction of sp³-hybridized carbons (Fsp3) is 0.500. The van der Waals surface area contributed by atoms with Crippen molar-refractivity contribution in [2.45, 2.75) is 25.4 Å². The Morgan fingerprint density at radius 1 is 1.28 bits per heavy atom. The lowest BCUT2D eigenvalue weighted by atomic mass is 10.1. The van der Waals surface area contributed by atoms with Gasteiger partial charge in [0.15, 0.2) is 6.10 Å². The third-order valence-corrected chi connectivity index (χ3v) is 3.20. The van der Waals surface area contributed by atoms with Crippen molar-refractivity contribution in [1.29, 1.82) is 0 Å². The minimum atomic E-state index is -0.891. The molecule has 1 aliphatic rings. The number of hydrogen-bond acceptors (Lipinski definition) is 3. The molecule has 1 saturated heterocycles. The molecule has 98 valence electrons. The van der Waals surface area contributed by atoms with E-state index in [1.54, 1.807) is 0 Å². The first-order chi connectivity index (χ1) is 8.75. The first kappa shape index (κ1) is 13.1. The van der Waals surface area contributed by atoms with Crippen LogP contribution >= 0.6 is 0 Å². The summed E-state index contributed by atoms with van der Waals surface area (Å²) >= 11 is 0. The highest BCUT2D eigenvalue weighted by Crippen LogP contribution is 2.10. The number of hydrogen-bond donors (Lipinski definition) is 1. The van der Waals surface area contributed by atoms with Crippen molar-refractivity contribution in [1.82, 2.24) is 4.90 Å². The summed E-state index contributed by atoms with van der Waals surface area (Å²) in [4.78, 5) is 13.3. The topological polar surface area (TPSA) is 49.8 Å². The molecule has 2 rings (SSSR count). The second kappa shape index (κ2) is 6.52. The number of likely N-dealkylation sites (tertiary alicyclic amines) is 1. The number of benzene rings is 1. The number of carboxylic acid groups (broad SMARTS) is 1. The predicted octanol–water partition coefficient (Wildman–Crippen LogP) is 1.75. The fourth-order valence-corrected chi connectivity index (χ4v) is 2.15. The molecule has 0 bridgehead atoms. The number of ether oxygens (including phenoxy) is 1. The van der Waals surface area contributed by atoms with Crippen LogP contribution in [0.2, 0.25) is 0 Å². The Bertz CT molecular complexity index is 374. The van der Waals surface area contributed by atoms with Crippen molar-refractivity contribution >= 4 is 5.97 Å². The smallest absolute Gasteiger partial charge is 0.333 e. The first-order valence-corrected chi connectivity index (χ1v) is 6.36. The van der Waals surface area contributed by atoms with Crippen molar-refractivity contribution in [2.75, 3.05) is 19.8 Å². The lowest BCUT2D eigenvalue weighted by Gasteiger charge is -2.19. The first-order valence-electron chi connectivity index (χ1n) is 6.36. The maximum absolute atomic E-state index is 11.2. The van der Waals surface area contributed by atoms with Gasteiger partial charge in [0.25, 0.3) is 0 Å². The van der Waals surface area contributed by atoms with Crippen LogP contribution in [0, 0.1) is 0 Å². The van der Waals surface area contributed by atoms with Crippen molar-refractivity contribution in [3.63, 3.8) is 0 Å². The van der Waals surface area contributed by atoms with Gasteiger partial charge in [0.2, 0.25) is 0 Å². The maximum Gasteiger partial charge on any atom is 0.333 e. The largest absolute Gasteiger partial charge is 0.479 e. The second-order valence-electron chi connectivity index (χ2n) is 4.64. The standard InChI is InChI=1S/C14H19NO3/c16-14(17)13(10-12-6-2-1-3-7-12)18-11-15-8-4-5-9-15/h1-3,6-7,13H,4-5,8-11H2,(H,16,17)/t13-/m1/s1. The molecule has 0 aromatic heterocycles. The average Bonchev–Trinajstić information content (AvgIpc) is 2.88. The normalized spacial score (nSPS) is 17.8. The summed E-state index contributed by atoms with van der Waals surface area (Å²) in [6.07, 6.45) is 2.02. The molecule has 4 heteroatoms. The molecule has 1 aromatic rings. The van der Waals surface area contributed by atoms with Crippen molar-refractivity contribution in [3.05, 3.63) is 35.9 Å². The summed E-state index contributed by atoms with van der Waals surface area (Å²) in [5, 5.41) is 9.16. The quantitative estimate of drug-likeness (QED) is 0.834. The summed E-state index contributed by atoms with van der Waals surface area (Å²) < 4.78 is 5.52. The van der Waals surface area contributed by atoms with Gasteiger partial charge in [-0.2, -0.15) is 0 Å². The minimum Gasteiger partial charge on any atom is -0.479 e. The molecule has 0 aliphatic carbocycles. The summed E-state index contributed by atoms with van der Waals surface area (Å²) in [5.74, 6) is -0.891. The highest BCUT2D eigenvalue weighted by molar-refractivity contribution is 5.72. The van der Waals surface area contributed by atoms with Gasteiger partial charge in [0.05, 0.1) is 0 Å². The SMILES string of the molecule is O=C(O)[C@@H](Cc1ccccc1)OCN1CCCC1. The van der Waals surface area contributed by atoms with E-state index < -0.39 is 12.1 Å². The van der Waals surface area contributed by atoms with Gasteiger partial charge in [-0.3, -0.25) is 4.90 Å². The van der Waals surface area contributed by atoms with E-state index in [1.165, 1.54) is 12.8 Å². The molecule has 1 N–H and O–H groups in total. The van der Waals surface area contributed by atoms with E-state index in [0.717, 1.165) is 18.7 Å². The Labute approximate surface area is 107 Å². The van der Waals surface area contributed by atoms with Gasteiger partial charge in [-0.25, -0.2) is 4.79 Å². The third kappa shape index (κ3) is 3.82. The molecule has 0 saturated carbocycles. The molecule has 1 heterocycles. The van der Waals surface area contributed by atoms with Gasteiger partial charge in [0, 0.05) is 19.5 Å². The van der Waals surface area contributed by atoms with E-state index in [0.29, 0.717) is 13.2 Å². The number of rotatable bonds is 6. The lowest BCUT2D eigenvalue weighted by Crippen LogP contribution is -2.32. The Balaban J connectivity index is 1.85. The number of aliphatic carboxylic acids is 1. The van der Waals surface area contributed by atoms with Crippen LogP contribution in [-0.2, 0) is 16.0 Å². The molecule has 0 unspecified atom stereocenters. The van der Waals surface area contributed by atoms with Gasteiger partial charge >= 0.3 is 5.97 Å². The third-order valence-electron chi connectivity index (χ3n) is 3.20. The molecule has 1 fully saturated rings. The molecule has 1 aromatic carbocycles. The van der Waals surface area contributed by atoms with Gasteiger partial charge in [-0.05, 0) is 18.4 Å². The van der Waals surface area contributed by atoms with Crippen LogP contribution in [0.1, 0.15) is 18.4 Å². The number of carboxylic acids is 1. The maximum atomic E-state index is 11.2. The molecule has 0 radical (unpaired) electrons. The average molecular weight is 249 g/mol. The van der Waals surface area contributed by atoms with Crippen LogP contribution in [0.4, 0.5) is 0 Å². The zero-order valence-corrected chi connectivity index (χ0v) is 10.4. The number of carbonyl (C=O) groups is 1. The molecule has 1 atom stereocenters. The predicted molar refractivity (Wildman–Crippen MR) is 68.3 cm³/mol. The van der Waals surface area contributed by atoms with E-state index in [2.05, 4.69) is 4.90 Å². The van der Waals surface area contributed by atoms with Crippen molar-refractivity contribution in [2.24, 2.45) is 0 Å². The van der Waals surface area contributed by atoms with Crippen LogP contribution < -0.4 is 0 Å². The Morgan fingerprint density at radius 2 is 1.94 bits per heavy atom. The van der Waals surface area contributed by atoms with Crippen LogP contribution in [0.5, 0.6) is 0 Å². The lowest BCUT2D eigenvalue weighted by molar-refractivity contribution is -0.153. The highest BCUT2D eigenvalue weighted by atomic mass is 16.5. The Hall–Kier alpha value is -1.39. The molecule has 4 nitrogen and oxygen atoms in total. The molecular weight excluding hydrogens is 230 g/mol. The molecule has 0 amide bonds. The monoisotopic (exact) mass is 249 g/mol. The van der Waals surface area contributed by atoms with E-state index in [4.69, 9.17) is 9.84 Å². The fourth-order valence-electron chi connectivity index (χ4n) is 2.15. The minimum absolute atomic E-state index is 0.420. The van der Waals surface area contributed by atoms with E-state index in [1.807, 2.05) is 30.3 Å². The summed E-state index contributed by atoms with van der Waals surface area (Å²) in [5.41, 5.74) is 0.992. The summed E-state index contributed by atoms with van der Waals surface area (Å²) in [6, 6.07) is 9.60. The zero-order chi connectivity index (χ0) is 12.8. The van der Waals surface area contributed by atoms with Crippen molar-refractivity contribution < 1.29 is 14.6 Å². The van der Waals surface area contributed by atoms with Gasteiger partial charge in [-0.1, -0.05) is 30.3 Å². The summed E-state index contributed by atoms with van der Waals surface area (Å²) in [7, 11) is 0. The molecule has 0 spiro atoms. The van der Waals surface area contributed by atoms with E-state index in [9.17, 15) is 4.79 Å². The Morgan fingerprint density at radius 3 is 2.56 bits per heavy atom. The van der Waals surface area contributed by atoms with Gasteiger partial charge in [0.1, 0.15) is 6.73 Å². The van der Waals surface area contributed by atoms with Gasteiger partial charge in [-0.15, -0.1) is 0 Å².